The molecule has 12 N–H and O–H groups in total. The largest absolute Gasteiger partial charge is 0.508 e. The molecule has 12 aromatic carbocycles. The smallest absolute Gasteiger partial charge is 0.126 e. The third-order valence-corrected chi connectivity index (χ3v) is 21.9. The number of aromatic hydroxyl groups is 12. The number of nitriles is 4. The van der Waals surface area contributed by atoms with Gasteiger partial charge in [0.25, 0.3) is 0 Å². The van der Waals surface area contributed by atoms with Crippen molar-refractivity contribution >= 4 is 43.1 Å². The Bertz CT molecular complexity index is 5040. The van der Waals surface area contributed by atoms with Crippen LogP contribution in [-0.2, 0) is 25.7 Å². The van der Waals surface area contributed by atoms with Crippen molar-refractivity contribution in [1.29, 1.82) is 21.0 Å². The Morgan fingerprint density at radius 1 is 0.241 bits per heavy atom. The number of rotatable bonds is 16. The molecule has 12 aromatic rings. The lowest BCUT2D eigenvalue weighted by atomic mass is 9.72. The number of fused-ring (bicyclic) bond motifs is 12. The topological polar surface area (TPSA) is 338 Å². The van der Waals surface area contributed by atoms with E-state index in [9.17, 15) is 82.3 Å². The molecule has 0 atom stereocenters. The van der Waals surface area contributed by atoms with Gasteiger partial charge in [0.15, 0.2) is 0 Å². The van der Waals surface area contributed by atoms with E-state index in [1.807, 2.05) is 55.4 Å². The number of phenols is 12. The Balaban J connectivity index is 1.22. The number of benzene rings is 12. The Morgan fingerprint density at radius 2 is 0.417 bits per heavy atom. The van der Waals surface area contributed by atoms with E-state index in [0.29, 0.717) is 65.3 Å². The molecular weight excluding hydrogens is 1350 g/mol. The first-order valence-corrected chi connectivity index (χ1v) is 36.5. The average molecular weight is 1440 g/mol. The molecule has 1 aliphatic carbocycles. The van der Waals surface area contributed by atoms with Crippen LogP contribution in [0.15, 0.2) is 146 Å². The summed E-state index contributed by atoms with van der Waals surface area (Å²) in [6.45, 7) is 15.7. The highest BCUT2D eigenvalue weighted by Crippen LogP contribution is 2.58. The fourth-order valence-electron chi connectivity index (χ4n) is 16.7. The molecule has 0 fully saturated rings. The zero-order valence-corrected chi connectivity index (χ0v) is 61.3. The van der Waals surface area contributed by atoms with Gasteiger partial charge in [-0.3, -0.25) is 0 Å². The quantitative estimate of drug-likeness (QED) is 0.0428. The first-order valence-electron chi connectivity index (χ1n) is 36.5. The molecule has 0 radical (unpaired) electrons. The van der Waals surface area contributed by atoms with Crippen LogP contribution in [0.4, 0.5) is 0 Å². The number of nitrogens with zero attached hydrogens (tertiary/aromatic N) is 4. The lowest BCUT2D eigenvalue weighted by Gasteiger charge is -2.33. The van der Waals surface area contributed by atoms with Crippen LogP contribution in [0.5, 0.6) is 69.0 Å². The Kier molecular flexibility index (Phi) is 19.9. The van der Waals surface area contributed by atoms with Crippen LogP contribution in [0.2, 0.25) is 0 Å². The van der Waals surface area contributed by atoms with Gasteiger partial charge < -0.3 is 61.3 Å². The lowest BCUT2D eigenvalue weighted by molar-refractivity contribution is 0.402. The molecule has 0 aromatic heterocycles. The maximum Gasteiger partial charge on any atom is 0.126 e. The van der Waals surface area contributed by atoms with Gasteiger partial charge in [-0.25, -0.2) is 0 Å². The van der Waals surface area contributed by atoms with E-state index in [1.54, 1.807) is 121 Å². The molecule has 544 valence electrons. The molecule has 13 rings (SSSR count). The highest BCUT2D eigenvalue weighted by molar-refractivity contribution is 5.93. The summed E-state index contributed by atoms with van der Waals surface area (Å²) in [7, 11) is 0. The maximum atomic E-state index is 13.8. The van der Waals surface area contributed by atoms with Gasteiger partial charge in [0, 0.05) is 138 Å². The first-order chi connectivity index (χ1) is 51.6. The van der Waals surface area contributed by atoms with E-state index < -0.39 is 69.7 Å². The van der Waals surface area contributed by atoms with Gasteiger partial charge >= 0.3 is 0 Å². The van der Waals surface area contributed by atoms with Crippen molar-refractivity contribution in [2.24, 2.45) is 23.7 Å². The summed E-state index contributed by atoms with van der Waals surface area (Å²) < 4.78 is 0. The van der Waals surface area contributed by atoms with Crippen LogP contribution in [0.25, 0.3) is 43.1 Å². The zero-order chi connectivity index (χ0) is 77.2. The number of phenolic OH excluding ortho intramolecular Hbond substituents is 12. The Hall–Kier alpha value is -12.8. The highest BCUT2D eigenvalue weighted by atomic mass is 16.3. The zero-order valence-electron chi connectivity index (χ0n) is 61.3. The minimum absolute atomic E-state index is 0.0685. The van der Waals surface area contributed by atoms with Crippen LogP contribution in [0.1, 0.15) is 216 Å². The van der Waals surface area contributed by atoms with Gasteiger partial charge in [-0.05, 0) is 190 Å². The van der Waals surface area contributed by atoms with Crippen molar-refractivity contribution in [3.8, 4) is 93.3 Å². The van der Waals surface area contributed by atoms with Crippen molar-refractivity contribution in [1.82, 2.24) is 0 Å². The molecule has 16 heteroatoms. The predicted octanol–water partition coefficient (Wildman–Crippen LogP) is 19.6. The second-order valence-corrected chi connectivity index (χ2v) is 30.8. The summed E-state index contributed by atoms with van der Waals surface area (Å²) in [5.41, 5.74) is 3.50. The summed E-state index contributed by atoms with van der Waals surface area (Å²) in [5.74, 6) is -9.75. The van der Waals surface area contributed by atoms with Crippen molar-refractivity contribution in [2.75, 3.05) is 0 Å². The first kappa shape index (κ1) is 73.5. The summed E-state index contributed by atoms with van der Waals surface area (Å²) in [6, 6.07) is 47.7. The van der Waals surface area contributed by atoms with Gasteiger partial charge in [-0.2, -0.15) is 21.0 Å². The summed E-state index contributed by atoms with van der Waals surface area (Å²) >= 11 is 0. The van der Waals surface area contributed by atoms with Crippen LogP contribution in [0, 0.1) is 69.0 Å². The minimum Gasteiger partial charge on any atom is -0.508 e. The fraction of sp³-hybridized carbons (Fsp3) is 0.261. The minimum atomic E-state index is -1.10. The third kappa shape index (κ3) is 13.4. The van der Waals surface area contributed by atoms with Crippen LogP contribution in [-0.4, -0.2) is 61.3 Å². The van der Waals surface area contributed by atoms with E-state index in [2.05, 4.69) is 24.3 Å². The third-order valence-electron chi connectivity index (χ3n) is 21.9. The monoisotopic (exact) mass is 1440 g/mol. The van der Waals surface area contributed by atoms with Crippen molar-refractivity contribution < 1.29 is 61.3 Å². The van der Waals surface area contributed by atoms with Crippen molar-refractivity contribution in [3.63, 3.8) is 0 Å². The van der Waals surface area contributed by atoms with E-state index in [1.165, 1.54) is 24.3 Å². The molecule has 8 bridgehead atoms. The SMILES string of the molecule is CC(C)CC1c2cc(c(O)c(Cc3c(O)ccc4cc(C#N)ccc34)c2O)C(CC(C)C)c2cc(c(O)c(Cc3c(O)ccc4cc(C#N)ccc34)c2O)C(CC(C)C)c2cc(c(O)c(Cc3c(O)ccc4cc(C#N)ccc34)c2O)C(CC(C)C)c2cc1c(O)c(Cc1c(O)ccc3cc(C#N)ccc13)c2O. The molecule has 1 aliphatic rings. The second-order valence-electron chi connectivity index (χ2n) is 30.8. The fourth-order valence-corrected chi connectivity index (χ4v) is 16.7. The Morgan fingerprint density at radius 3 is 0.574 bits per heavy atom. The number of hydrogen-bond acceptors (Lipinski definition) is 16. The molecule has 0 unspecified atom stereocenters. The van der Waals surface area contributed by atoms with Crippen LogP contribution >= 0.6 is 0 Å². The molecule has 0 amide bonds. The Labute approximate surface area is 626 Å². The molecule has 16 nitrogen and oxygen atoms in total. The maximum absolute atomic E-state index is 13.8. The predicted molar refractivity (Wildman–Crippen MR) is 417 cm³/mol. The van der Waals surface area contributed by atoms with Gasteiger partial charge in [0.2, 0.25) is 0 Å². The summed E-state index contributed by atoms with van der Waals surface area (Å²) in [5, 5.41) is 203. The molecule has 0 saturated carbocycles. The molecule has 108 heavy (non-hydrogen) atoms. The molecule has 0 aliphatic heterocycles. The van der Waals surface area contributed by atoms with E-state index in [-0.39, 0.29) is 187 Å². The molecular formula is C92H84N4O12. The van der Waals surface area contributed by atoms with E-state index in [4.69, 9.17) is 0 Å². The molecule has 0 saturated heterocycles. The molecule has 0 spiro atoms. The normalized spacial score (nSPS) is 15.0. The lowest BCUT2D eigenvalue weighted by Crippen LogP contribution is -2.16. The van der Waals surface area contributed by atoms with Gasteiger partial charge in [-0.1, -0.05) is 104 Å². The summed E-state index contributed by atoms with van der Waals surface area (Å²) in [6.07, 6.45) is -0.768. The number of hydrogen-bond donors (Lipinski definition) is 12. The molecule has 0 heterocycles. The van der Waals surface area contributed by atoms with Crippen LogP contribution in [0.3, 0.4) is 0 Å². The van der Waals surface area contributed by atoms with Crippen LogP contribution < -0.4 is 0 Å². The average Bonchev–Trinajstić information content (AvgIpc) is 0.730. The second kappa shape index (κ2) is 29.3. The van der Waals surface area contributed by atoms with Gasteiger partial charge in [-0.15, -0.1) is 0 Å². The van der Waals surface area contributed by atoms with Gasteiger partial charge in [0.1, 0.15) is 69.0 Å². The standard InChI is InChI=1S/C92H84N4O12/c1-45(2)25-61-69-37-71(87(103)77(85(69)101)33-65-57-17-9-49(41-93)29-53(57)13-21-81(65)97)62(26-46(3)4)73-39-75(91(107)79(89(73)105)35-67-59-19-11-51(43-95)31-55(59)15-23-83(67)99)64(28-48(7)8)76-40-74(90(106)80(92(76)108)36-68-60-20-12-52(44-96)32-56(60)16-24-84(68)100)63(27-47(5)6)72-38-70(61)86(102)78(88(72)104)34-66-58-18-10-50(42-94)30-54(58)14-22-82(66)98/h9-24,29-32,37-40,45-48,61-64,97-108H,25-28,33-36H2,1-8H3. The highest BCUT2D eigenvalue weighted by Gasteiger charge is 2.39. The van der Waals surface area contributed by atoms with Gasteiger partial charge in [0.05, 0.1) is 46.5 Å². The van der Waals surface area contributed by atoms with E-state index >= 15 is 0 Å². The van der Waals surface area contributed by atoms with Crippen molar-refractivity contribution in [2.45, 2.75) is 130 Å². The van der Waals surface area contributed by atoms with E-state index in [0.717, 1.165) is 0 Å². The summed E-state index contributed by atoms with van der Waals surface area (Å²) in [4.78, 5) is 0. The van der Waals surface area contributed by atoms with Crippen molar-refractivity contribution in [3.05, 3.63) is 257 Å².